The highest BCUT2D eigenvalue weighted by molar-refractivity contribution is 6.31. The standard InChI is InChI=1S/C12H14ClFO3/c1-12(2,14)7-4-5-8(9(13)6-7)10(15)11(16)17-3/h4-6,10,15H,1-3H3. The number of esters is 1. The molecule has 1 aromatic carbocycles. The summed E-state index contributed by atoms with van der Waals surface area (Å²) in [5.74, 6) is -0.806. The molecule has 17 heavy (non-hydrogen) atoms. The first-order chi connectivity index (χ1) is 7.77. The summed E-state index contributed by atoms with van der Waals surface area (Å²) in [6.07, 6.45) is -1.45. The lowest BCUT2D eigenvalue weighted by molar-refractivity contribution is -0.150. The van der Waals surface area contributed by atoms with Gasteiger partial charge >= 0.3 is 5.97 Å². The van der Waals surface area contributed by atoms with Gasteiger partial charge in [-0.25, -0.2) is 9.18 Å². The van der Waals surface area contributed by atoms with Crippen LogP contribution in [0.3, 0.4) is 0 Å². The smallest absolute Gasteiger partial charge is 0.339 e. The van der Waals surface area contributed by atoms with Crippen molar-refractivity contribution in [1.82, 2.24) is 0 Å². The number of aliphatic hydroxyl groups is 1. The van der Waals surface area contributed by atoms with Crippen molar-refractivity contribution >= 4 is 17.6 Å². The van der Waals surface area contributed by atoms with Gasteiger partial charge < -0.3 is 9.84 Å². The molecule has 0 radical (unpaired) electrons. The van der Waals surface area contributed by atoms with E-state index in [2.05, 4.69) is 4.74 Å². The monoisotopic (exact) mass is 260 g/mol. The van der Waals surface area contributed by atoms with Crippen LogP contribution in [0.1, 0.15) is 31.1 Å². The maximum Gasteiger partial charge on any atom is 0.339 e. The van der Waals surface area contributed by atoms with E-state index in [9.17, 15) is 14.3 Å². The third-order valence-electron chi connectivity index (χ3n) is 2.41. The van der Waals surface area contributed by atoms with E-state index in [1.165, 1.54) is 39.2 Å². The highest BCUT2D eigenvalue weighted by atomic mass is 35.5. The van der Waals surface area contributed by atoms with E-state index < -0.39 is 17.7 Å². The molecule has 0 aliphatic rings. The molecule has 0 spiro atoms. The number of carbonyl (C=O) groups excluding carboxylic acids is 1. The molecule has 0 aliphatic carbocycles. The van der Waals surface area contributed by atoms with Crippen molar-refractivity contribution in [2.24, 2.45) is 0 Å². The summed E-state index contributed by atoms with van der Waals surface area (Å²) in [7, 11) is 1.17. The third-order valence-corrected chi connectivity index (χ3v) is 2.73. The molecule has 0 amide bonds. The van der Waals surface area contributed by atoms with Crippen LogP contribution in [0.5, 0.6) is 0 Å². The lowest BCUT2D eigenvalue weighted by atomic mass is 9.97. The molecule has 1 N–H and O–H groups in total. The summed E-state index contributed by atoms with van der Waals surface area (Å²) in [6, 6.07) is 4.29. The number of methoxy groups -OCH3 is 1. The summed E-state index contributed by atoms with van der Waals surface area (Å²) >= 11 is 5.90. The molecule has 0 saturated carbocycles. The average molecular weight is 261 g/mol. The Kier molecular flexibility index (Phi) is 4.11. The molecule has 5 heteroatoms. The SMILES string of the molecule is COC(=O)C(O)c1ccc(C(C)(C)F)cc1Cl. The maximum absolute atomic E-state index is 13.6. The van der Waals surface area contributed by atoms with Crippen LogP contribution in [0.15, 0.2) is 18.2 Å². The number of ether oxygens (including phenoxy) is 1. The van der Waals surface area contributed by atoms with Gasteiger partial charge in [0.25, 0.3) is 0 Å². The van der Waals surface area contributed by atoms with E-state index in [1.807, 2.05) is 0 Å². The zero-order valence-corrected chi connectivity index (χ0v) is 10.6. The van der Waals surface area contributed by atoms with Crippen molar-refractivity contribution in [2.45, 2.75) is 25.6 Å². The van der Waals surface area contributed by atoms with Gasteiger partial charge in [-0.1, -0.05) is 23.7 Å². The van der Waals surface area contributed by atoms with Crippen molar-refractivity contribution < 1.29 is 19.0 Å². The van der Waals surface area contributed by atoms with E-state index in [-0.39, 0.29) is 10.6 Å². The van der Waals surface area contributed by atoms with Crippen LogP contribution < -0.4 is 0 Å². The fraction of sp³-hybridized carbons (Fsp3) is 0.417. The molecule has 1 rings (SSSR count). The highest BCUT2D eigenvalue weighted by Gasteiger charge is 2.24. The highest BCUT2D eigenvalue weighted by Crippen LogP contribution is 2.31. The topological polar surface area (TPSA) is 46.5 Å². The quantitative estimate of drug-likeness (QED) is 0.850. The second-order valence-corrected chi connectivity index (χ2v) is 4.54. The van der Waals surface area contributed by atoms with Gasteiger partial charge in [-0.05, 0) is 25.5 Å². The van der Waals surface area contributed by atoms with E-state index in [0.29, 0.717) is 5.56 Å². The Labute approximate surface area is 104 Å². The molecule has 1 atom stereocenters. The van der Waals surface area contributed by atoms with Crippen molar-refractivity contribution in [1.29, 1.82) is 0 Å². The Morgan fingerprint density at radius 3 is 2.53 bits per heavy atom. The number of carbonyl (C=O) groups is 1. The zero-order valence-electron chi connectivity index (χ0n) is 9.83. The van der Waals surface area contributed by atoms with Crippen LogP contribution in [0.2, 0.25) is 5.02 Å². The number of rotatable bonds is 3. The molecule has 0 aromatic heterocycles. The van der Waals surface area contributed by atoms with Crippen LogP contribution >= 0.6 is 11.6 Å². The number of alkyl halides is 1. The minimum Gasteiger partial charge on any atom is -0.467 e. The van der Waals surface area contributed by atoms with Crippen LogP contribution in [-0.4, -0.2) is 18.2 Å². The van der Waals surface area contributed by atoms with Gasteiger partial charge in [-0.2, -0.15) is 0 Å². The second-order valence-electron chi connectivity index (χ2n) is 4.13. The van der Waals surface area contributed by atoms with Gasteiger partial charge in [0.15, 0.2) is 6.10 Å². The summed E-state index contributed by atoms with van der Waals surface area (Å²) in [5.41, 5.74) is -0.951. The molecular weight excluding hydrogens is 247 g/mol. The van der Waals surface area contributed by atoms with Crippen molar-refractivity contribution in [3.8, 4) is 0 Å². The molecule has 0 bridgehead atoms. The minimum absolute atomic E-state index is 0.131. The van der Waals surface area contributed by atoms with E-state index >= 15 is 0 Å². The van der Waals surface area contributed by atoms with E-state index in [1.54, 1.807) is 0 Å². The molecule has 1 unspecified atom stereocenters. The van der Waals surface area contributed by atoms with Crippen LogP contribution in [0, 0.1) is 0 Å². The number of aliphatic hydroxyl groups excluding tert-OH is 1. The first-order valence-electron chi connectivity index (χ1n) is 5.02. The van der Waals surface area contributed by atoms with Gasteiger partial charge in [0.05, 0.1) is 7.11 Å². The van der Waals surface area contributed by atoms with Gasteiger partial charge in [-0.15, -0.1) is 0 Å². The summed E-state index contributed by atoms with van der Waals surface area (Å²) in [4.78, 5) is 11.1. The number of hydrogen-bond donors (Lipinski definition) is 1. The molecule has 3 nitrogen and oxygen atoms in total. The Balaban J connectivity index is 3.10. The Morgan fingerprint density at radius 2 is 2.12 bits per heavy atom. The van der Waals surface area contributed by atoms with E-state index in [4.69, 9.17) is 11.6 Å². The van der Waals surface area contributed by atoms with Gasteiger partial charge in [-0.3, -0.25) is 0 Å². The number of halogens is 2. The normalized spacial score (nSPS) is 13.3. The van der Waals surface area contributed by atoms with Crippen molar-refractivity contribution in [3.05, 3.63) is 34.3 Å². The predicted molar refractivity (Wildman–Crippen MR) is 62.6 cm³/mol. The average Bonchev–Trinajstić information content (AvgIpc) is 2.25. The van der Waals surface area contributed by atoms with Crippen molar-refractivity contribution in [2.75, 3.05) is 7.11 Å². The molecule has 0 fully saturated rings. The van der Waals surface area contributed by atoms with Gasteiger partial charge in [0.2, 0.25) is 0 Å². The Hall–Kier alpha value is -1.13. The van der Waals surface area contributed by atoms with Gasteiger partial charge in [0.1, 0.15) is 5.67 Å². The Morgan fingerprint density at radius 1 is 1.53 bits per heavy atom. The lowest BCUT2D eigenvalue weighted by Crippen LogP contribution is -2.15. The minimum atomic E-state index is -1.53. The van der Waals surface area contributed by atoms with Crippen LogP contribution in [0.25, 0.3) is 0 Å². The molecule has 0 saturated heterocycles. The summed E-state index contributed by atoms with van der Waals surface area (Å²) < 4.78 is 18.0. The summed E-state index contributed by atoms with van der Waals surface area (Å²) in [6.45, 7) is 2.80. The van der Waals surface area contributed by atoms with Crippen molar-refractivity contribution in [3.63, 3.8) is 0 Å². The number of hydrogen-bond acceptors (Lipinski definition) is 3. The molecule has 94 valence electrons. The van der Waals surface area contributed by atoms with Gasteiger partial charge in [0, 0.05) is 10.6 Å². The molecule has 1 aromatic rings. The maximum atomic E-state index is 13.6. The molecule has 0 heterocycles. The fourth-order valence-corrected chi connectivity index (χ4v) is 1.64. The largest absolute Gasteiger partial charge is 0.467 e. The zero-order chi connectivity index (χ0) is 13.2. The van der Waals surface area contributed by atoms with Crippen LogP contribution in [-0.2, 0) is 15.2 Å². The van der Waals surface area contributed by atoms with Crippen LogP contribution in [0.4, 0.5) is 4.39 Å². The summed E-state index contributed by atoms with van der Waals surface area (Å²) in [5, 5.41) is 9.74. The lowest BCUT2D eigenvalue weighted by Gasteiger charge is -2.17. The first-order valence-corrected chi connectivity index (χ1v) is 5.40. The number of benzene rings is 1. The molecular formula is C12H14ClFO3. The molecule has 0 aliphatic heterocycles. The fourth-order valence-electron chi connectivity index (χ4n) is 1.36. The predicted octanol–water partition coefficient (Wildman–Crippen LogP) is 2.75. The Bertz CT molecular complexity index is 426. The van der Waals surface area contributed by atoms with E-state index in [0.717, 1.165) is 0 Å². The third kappa shape index (κ3) is 3.17. The second kappa shape index (κ2) is 5.02. The first kappa shape index (κ1) is 13.9.